The molecule has 0 atom stereocenters. The number of aromatic nitrogens is 2. The number of nitrogens with two attached hydrogens (primary N) is 1. The summed E-state index contributed by atoms with van der Waals surface area (Å²) >= 11 is 0. The normalized spacial score (nSPS) is 14.6. The Balaban J connectivity index is 1.97. The van der Waals surface area contributed by atoms with Crippen LogP contribution >= 0.6 is 0 Å². The largest absolute Gasteiger partial charge is 0.376 e. The fourth-order valence-electron chi connectivity index (χ4n) is 1.96. The van der Waals surface area contributed by atoms with Crippen molar-refractivity contribution in [3.05, 3.63) is 35.2 Å². The highest BCUT2D eigenvalue weighted by Crippen LogP contribution is 2.23. The first-order chi connectivity index (χ1) is 8.36. The maximum Gasteiger partial charge on any atom is 0.240 e. The second-order valence-corrected chi connectivity index (χ2v) is 4.00. The molecule has 0 saturated carbocycles. The van der Waals surface area contributed by atoms with E-state index in [4.69, 9.17) is 15.0 Å². The van der Waals surface area contributed by atoms with E-state index >= 15 is 0 Å². The van der Waals surface area contributed by atoms with Gasteiger partial charge in [-0.2, -0.15) is 4.98 Å². The Morgan fingerprint density at radius 2 is 2.24 bits per heavy atom. The van der Waals surface area contributed by atoms with Crippen LogP contribution < -0.4 is 5.73 Å². The standard InChI is InChI=1S/C12H13N3O2/c13-6-11-14-12(15-17-11)9-2-1-8-3-4-16-7-10(8)5-9/h1-2,5H,3-4,6-7,13H2. The van der Waals surface area contributed by atoms with Gasteiger partial charge in [-0.05, 0) is 23.6 Å². The minimum absolute atomic E-state index is 0.265. The first-order valence-electron chi connectivity index (χ1n) is 5.59. The Bertz CT molecular complexity index is 536. The van der Waals surface area contributed by atoms with Gasteiger partial charge in [0, 0.05) is 5.56 Å². The van der Waals surface area contributed by atoms with Crippen LogP contribution in [0.4, 0.5) is 0 Å². The van der Waals surface area contributed by atoms with Gasteiger partial charge in [0.15, 0.2) is 0 Å². The Labute approximate surface area is 98.6 Å². The fourth-order valence-corrected chi connectivity index (χ4v) is 1.96. The molecule has 1 aliphatic rings. The molecule has 1 aromatic heterocycles. The molecule has 2 aromatic rings. The molecule has 17 heavy (non-hydrogen) atoms. The third-order valence-electron chi connectivity index (χ3n) is 2.88. The summed E-state index contributed by atoms with van der Waals surface area (Å²) in [6.45, 7) is 1.72. The maximum atomic E-state index is 5.44. The molecule has 3 rings (SSSR count). The smallest absolute Gasteiger partial charge is 0.240 e. The summed E-state index contributed by atoms with van der Waals surface area (Å²) in [6, 6.07) is 6.17. The molecule has 88 valence electrons. The number of hydrogen-bond donors (Lipinski definition) is 1. The zero-order valence-corrected chi connectivity index (χ0v) is 9.35. The van der Waals surface area contributed by atoms with Crippen LogP contribution in [0.1, 0.15) is 17.0 Å². The molecule has 2 heterocycles. The van der Waals surface area contributed by atoms with Crippen LogP contribution in [-0.4, -0.2) is 16.7 Å². The number of rotatable bonds is 2. The third kappa shape index (κ3) is 1.94. The van der Waals surface area contributed by atoms with E-state index in [0.29, 0.717) is 18.3 Å². The van der Waals surface area contributed by atoms with Crippen molar-refractivity contribution >= 4 is 0 Å². The molecule has 2 N–H and O–H groups in total. The topological polar surface area (TPSA) is 74.2 Å². The predicted molar refractivity (Wildman–Crippen MR) is 61.0 cm³/mol. The highest BCUT2D eigenvalue weighted by Gasteiger charge is 2.13. The minimum atomic E-state index is 0.265. The first kappa shape index (κ1) is 10.4. The van der Waals surface area contributed by atoms with Crippen molar-refractivity contribution in [3.63, 3.8) is 0 Å². The predicted octanol–water partition coefficient (Wildman–Crippen LogP) is 1.27. The molecule has 0 bridgehead atoms. The van der Waals surface area contributed by atoms with E-state index in [1.165, 1.54) is 11.1 Å². The molecule has 0 saturated heterocycles. The van der Waals surface area contributed by atoms with Gasteiger partial charge in [-0.3, -0.25) is 0 Å². The van der Waals surface area contributed by atoms with E-state index < -0.39 is 0 Å². The second-order valence-electron chi connectivity index (χ2n) is 4.00. The summed E-state index contributed by atoms with van der Waals surface area (Å²) in [5.41, 5.74) is 8.92. The lowest BCUT2D eigenvalue weighted by molar-refractivity contribution is 0.111. The van der Waals surface area contributed by atoms with E-state index in [1.54, 1.807) is 0 Å². The van der Waals surface area contributed by atoms with E-state index in [0.717, 1.165) is 18.6 Å². The Morgan fingerprint density at radius 3 is 3.06 bits per heavy atom. The van der Waals surface area contributed by atoms with Crippen LogP contribution in [0, 0.1) is 0 Å². The van der Waals surface area contributed by atoms with Gasteiger partial charge in [-0.15, -0.1) is 0 Å². The fraction of sp³-hybridized carbons (Fsp3) is 0.333. The van der Waals surface area contributed by atoms with Crippen molar-refractivity contribution in [1.29, 1.82) is 0 Å². The van der Waals surface area contributed by atoms with Crippen molar-refractivity contribution in [2.24, 2.45) is 5.73 Å². The minimum Gasteiger partial charge on any atom is -0.376 e. The van der Waals surface area contributed by atoms with Gasteiger partial charge in [-0.25, -0.2) is 0 Å². The molecule has 0 amide bonds. The van der Waals surface area contributed by atoms with Crippen molar-refractivity contribution in [3.8, 4) is 11.4 Å². The lowest BCUT2D eigenvalue weighted by atomic mass is 10.0. The molecule has 1 aliphatic heterocycles. The van der Waals surface area contributed by atoms with Gasteiger partial charge in [0.25, 0.3) is 0 Å². The first-order valence-corrected chi connectivity index (χ1v) is 5.59. The molecule has 0 radical (unpaired) electrons. The Hall–Kier alpha value is -1.72. The summed E-state index contributed by atoms with van der Waals surface area (Å²) in [5.74, 6) is 1.03. The van der Waals surface area contributed by atoms with E-state index in [-0.39, 0.29) is 6.54 Å². The summed E-state index contributed by atoms with van der Waals surface area (Å²) in [4.78, 5) is 4.20. The quantitative estimate of drug-likeness (QED) is 0.842. The Morgan fingerprint density at radius 1 is 1.29 bits per heavy atom. The lowest BCUT2D eigenvalue weighted by Crippen LogP contribution is -2.09. The third-order valence-corrected chi connectivity index (χ3v) is 2.88. The number of hydrogen-bond acceptors (Lipinski definition) is 5. The summed E-state index contributed by atoms with van der Waals surface area (Å²) in [7, 11) is 0. The van der Waals surface area contributed by atoms with Gasteiger partial charge >= 0.3 is 0 Å². The van der Waals surface area contributed by atoms with Crippen molar-refractivity contribution < 1.29 is 9.26 Å². The molecule has 5 nitrogen and oxygen atoms in total. The maximum absolute atomic E-state index is 5.44. The highest BCUT2D eigenvalue weighted by molar-refractivity contribution is 5.57. The zero-order chi connectivity index (χ0) is 11.7. The van der Waals surface area contributed by atoms with Gasteiger partial charge in [0.05, 0.1) is 19.8 Å². The molecule has 0 spiro atoms. The summed E-state index contributed by atoms with van der Waals surface area (Å²) < 4.78 is 10.4. The van der Waals surface area contributed by atoms with E-state index in [9.17, 15) is 0 Å². The molecule has 1 aromatic carbocycles. The van der Waals surface area contributed by atoms with Gasteiger partial charge in [0.1, 0.15) is 0 Å². The molecular formula is C12H13N3O2. The van der Waals surface area contributed by atoms with Crippen LogP contribution in [0.5, 0.6) is 0 Å². The molecular weight excluding hydrogens is 218 g/mol. The van der Waals surface area contributed by atoms with Crippen LogP contribution in [0.25, 0.3) is 11.4 Å². The van der Waals surface area contributed by atoms with Gasteiger partial charge in [0.2, 0.25) is 11.7 Å². The van der Waals surface area contributed by atoms with Gasteiger partial charge in [-0.1, -0.05) is 17.3 Å². The zero-order valence-electron chi connectivity index (χ0n) is 9.35. The highest BCUT2D eigenvalue weighted by atomic mass is 16.5. The molecule has 0 fully saturated rings. The molecule has 5 heteroatoms. The second kappa shape index (κ2) is 4.27. The van der Waals surface area contributed by atoms with Crippen molar-refractivity contribution in [2.45, 2.75) is 19.6 Å². The van der Waals surface area contributed by atoms with Crippen LogP contribution in [-0.2, 0) is 24.3 Å². The summed E-state index contributed by atoms with van der Waals surface area (Å²) in [5, 5.41) is 3.90. The Kier molecular flexibility index (Phi) is 2.62. The average molecular weight is 231 g/mol. The summed E-state index contributed by atoms with van der Waals surface area (Å²) in [6.07, 6.45) is 0.968. The van der Waals surface area contributed by atoms with Crippen molar-refractivity contribution in [2.75, 3.05) is 6.61 Å². The van der Waals surface area contributed by atoms with E-state index in [1.807, 2.05) is 6.07 Å². The van der Waals surface area contributed by atoms with E-state index in [2.05, 4.69) is 22.3 Å². The molecule has 0 unspecified atom stereocenters. The van der Waals surface area contributed by atoms with Gasteiger partial charge < -0.3 is 15.0 Å². The number of ether oxygens (including phenoxy) is 1. The SMILES string of the molecule is NCc1nc(-c2ccc3c(c2)COCC3)no1. The van der Waals surface area contributed by atoms with Crippen molar-refractivity contribution in [1.82, 2.24) is 10.1 Å². The lowest BCUT2D eigenvalue weighted by Gasteiger charge is -2.16. The molecule has 0 aliphatic carbocycles. The van der Waals surface area contributed by atoms with Crippen LogP contribution in [0.3, 0.4) is 0 Å². The number of benzene rings is 1. The monoisotopic (exact) mass is 231 g/mol. The van der Waals surface area contributed by atoms with Crippen LogP contribution in [0.15, 0.2) is 22.7 Å². The number of fused-ring (bicyclic) bond motifs is 1. The number of nitrogens with zero attached hydrogens (tertiary/aromatic N) is 2. The van der Waals surface area contributed by atoms with Crippen LogP contribution in [0.2, 0.25) is 0 Å². The average Bonchev–Trinajstić information content (AvgIpc) is 2.87.